The molecule has 0 N–H and O–H groups in total. The third kappa shape index (κ3) is 15.7. The van der Waals surface area contributed by atoms with E-state index >= 15 is 0 Å². The molecule has 0 unspecified atom stereocenters. The van der Waals surface area contributed by atoms with Gasteiger partial charge in [0.15, 0.2) is 0 Å². The monoisotopic (exact) mass is 252 g/mol. The molecule has 0 fully saturated rings. The van der Waals surface area contributed by atoms with Gasteiger partial charge in [-0.15, -0.1) is 0 Å². The maximum atomic E-state index is 2.41. The predicted octanol–water partition coefficient (Wildman–Crippen LogP) is 6.90. The van der Waals surface area contributed by atoms with Crippen LogP contribution in [0.4, 0.5) is 0 Å². The lowest BCUT2D eigenvalue weighted by atomic mass is 10.0. The minimum absolute atomic E-state index is 0.883. The van der Waals surface area contributed by atoms with Crippen LogP contribution in [-0.4, -0.2) is 0 Å². The van der Waals surface area contributed by atoms with E-state index in [-0.39, 0.29) is 0 Å². The number of rotatable bonds is 13. The summed E-state index contributed by atoms with van der Waals surface area (Å²) in [5, 5.41) is 0. The Kier molecular flexibility index (Phi) is 14.6. The fraction of sp³-hybridized carbons (Fsp3) is 0.889. The minimum Gasteiger partial charge on any atom is -0.0885 e. The quantitative estimate of drug-likeness (QED) is 0.247. The molecule has 0 heterocycles. The molecule has 0 aromatic carbocycles. The molecule has 0 aliphatic heterocycles. The van der Waals surface area contributed by atoms with Crippen molar-refractivity contribution in [2.75, 3.05) is 0 Å². The maximum absolute atomic E-state index is 2.41. The van der Waals surface area contributed by atoms with E-state index in [0.29, 0.717) is 0 Å². The third-order valence-corrected chi connectivity index (χ3v) is 3.54. The maximum Gasteiger partial charge on any atom is -0.0351 e. The van der Waals surface area contributed by atoms with E-state index in [0.717, 1.165) is 5.92 Å². The second-order valence-electron chi connectivity index (χ2n) is 6.06. The van der Waals surface area contributed by atoms with Crippen molar-refractivity contribution >= 4 is 0 Å². The number of hydrogen-bond acceptors (Lipinski definition) is 0. The van der Waals surface area contributed by atoms with E-state index in [1.54, 1.807) is 0 Å². The van der Waals surface area contributed by atoms with Crippen LogP contribution in [0.3, 0.4) is 0 Å². The van der Waals surface area contributed by atoms with Gasteiger partial charge in [0.25, 0.3) is 0 Å². The first-order valence-electron chi connectivity index (χ1n) is 8.42. The molecule has 0 bridgehead atoms. The van der Waals surface area contributed by atoms with Crippen LogP contribution in [0.1, 0.15) is 97.8 Å². The van der Waals surface area contributed by atoms with Crippen molar-refractivity contribution in [3.63, 3.8) is 0 Å². The largest absolute Gasteiger partial charge is 0.0885 e. The van der Waals surface area contributed by atoms with Gasteiger partial charge in [0, 0.05) is 0 Å². The van der Waals surface area contributed by atoms with Crippen molar-refractivity contribution in [2.45, 2.75) is 97.8 Å². The molecular formula is C18H36. The lowest BCUT2D eigenvalue weighted by Crippen LogP contribution is -1.86. The molecule has 0 saturated carbocycles. The van der Waals surface area contributed by atoms with Gasteiger partial charge in [-0.3, -0.25) is 0 Å². The summed E-state index contributed by atoms with van der Waals surface area (Å²) >= 11 is 0. The van der Waals surface area contributed by atoms with E-state index < -0.39 is 0 Å². The van der Waals surface area contributed by atoms with E-state index in [2.05, 4.69) is 32.9 Å². The average molecular weight is 252 g/mol. The van der Waals surface area contributed by atoms with Crippen molar-refractivity contribution in [1.82, 2.24) is 0 Å². The van der Waals surface area contributed by atoms with E-state index in [4.69, 9.17) is 0 Å². The van der Waals surface area contributed by atoms with Gasteiger partial charge in [0.05, 0.1) is 0 Å². The summed E-state index contributed by atoms with van der Waals surface area (Å²) in [6.45, 7) is 6.92. The minimum atomic E-state index is 0.883. The Hall–Kier alpha value is -0.260. The van der Waals surface area contributed by atoms with E-state index in [9.17, 15) is 0 Å². The molecule has 0 nitrogen and oxygen atoms in total. The van der Waals surface area contributed by atoms with Gasteiger partial charge in [0.2, 0.25) is 0 Å². The first kappa shape index (κ1) is 17.7. The molecule has 0 aliphatic carbocycles. The Bertz CT molecular complexity index is 167. The van der Waals surface area contributed by atoms with Crippen molar-refractivity contribution in [3.05, 3.63) is 12.2 Å². The highest BCUT2D eigenvalue weighted by Crippen LogP contribution is 2.10. The van der Waals surface area contributed by atoms with E-state index in [1.807, 2.05) is 0 Å². The van der Waals surface area contributed by atoms with Crippen LogP contribution in [0.2, 0.25) is 0 Å². The summed E-state index contributed by atoms with van der Waals surface area (Å²) in [5.74, 6) is 0.883. The highest BCUT2D eigenvalue weighted by atomic mass is 14.0. The van der Waals surface area contributed by atoms with Crippen LogP contribution >= 0.6 is 0 Å². The molecule has 108 valence electrons. The SMILES string of the molecule is CCCCCCCC/C=C\CCCCCC(C)C. The molecule has 0 radical (unpaired) electrons. The van der Waals surface area contributed by atoms with Crippen molar-refractivity contribution in [2.24, 2.45) is 5.92 Å². The molecule has 0 spiro atoms. The normalized spacial score (nSPS) is 11.8. The predicted molar refractivity (Wildman–Crippen MR) is 85.1 cm³/mol. The van der Waals surface area contributed by atoms with Gasteiger partial charge in [-0.1, -0.05) is 84.3 Å². The lowest BCUT2D eigenvalue weighted by molar-refractivity contribution is 0.528. The summed E-state index contributed by atoms with van der Waals surface area (Å²) in [6, 6.07) is 0. The molecule has 0 aromatic rings. The van der Waals surface area contributed by atoms with Crippen molar-refractivity contribution in [1.29, 1.82) is 0 Å². The Morgan fingerprint density at radius 3 is 1.72 bits per heavy atom. The van der Waals surface area contributed by atoms with Gasteiger partial charge in [-0.05, 0) is 31.6 Å². The number of hydrogen-bond donors (Lipinski definition) is 0. The molecule has 0 saturated heterocycles. The molecule has 0 atom stereocenters. The Morgan fingerprint density at radius 1 is 0.667 bits per heavy atom. The van der Waals surface area contributed by atoms with Crippen LogP contribution in [0.25, 0.3) is 0 Å². The standard InChI is InChI=1S/C18H36/c1-4-5-6-7-8-9-10-11-12-13-14-15-16-17-18(2)3/h11-12,18H,4-10,13-17H2,1-3H3/b12-11-. The summed E-state index contributed by atoms with van der Waals surface area (Å²) in [5.41, 5.74) is 0. The Balaban J connectivity index is 3.05. The molecule has 0 heteroatoms. The van der Waals surface area contributed by atoms with Crippen molar-refractivity contribution < 1.29 is 0 Å². The zero-order chi connectivity index (χ0) is 13.5. The smallest absolute Gasteiger partial charge is 0.0351 e. The van der Waals surface area contributed by atoms with Crippen molar-refractivity contribution in [3.8, 4) is 0 Å². The highest BCUT2D eigenvalue weighted by Gasteiger charge is 1.93. The van der Waals surface area contributed by atoms with E-state index in [1.165, 1.54) is 77.0 Å². The molecule has 0 rings (SSSR count). The highest BCUT2D eigenvalue weighted by molar-refractivity contribution is 4.81. The number of allylic oxidation sites excluding steroid dienone is 2. The zero-order valence-electron chi connectivity index (χ0n) is 13.2. The number of unbranched alkanes of at least 4 members (excludes halogenated alkanes) is 9. The fourth-order valence-electron chi connectivity index (χ4n) is 2.27. The summed E-state index contributed by atoms with van der Waals surface area (Å²) in [4.78, 5) is 0. The van der Waals surface area contributed by atoms with Crippen LogP contribution < -0.4 is 0 Å². The third-order valence-electron chi connectivity index (χ3n) is 3.54. The van der Waals surface area contributed by atoms with Crippen LogP contribution in [0.5, 0.6) is 0 Å². The van der Waals surface area contributed by atoms with Crippen LogP contribution in [0.15, 0.2) is 12.2 Å². The zero-order valence-corrected chi connectivity index (χ0v) is 13.2. The summed E-state index contributed by atoms with van der Waals surface area (Å²) in [6.07, 6.45) is 21.5. The first-order chi connectivity index (χ1) is 8.77. The lowest BCUT2D eigenvalue weighted by Gasteiger charge is -2.02. The average Bonchev–Trinajstić information content (AvgIpc) is 2.34. The summed E-state index contributed by atoms with van der Waals surface area (Å²) < 4.78 is 0. The molecule has 0 aromatic heterocycles. The summed E-state index contributed by atoms with van der Waals surface area (Å²) in [7, 11) is 0. The van der Waals surface area contributed by atoms with Gasteiger partial charge in [-0.2, -0.15) is 0 Å². The first-order valence-corrected chi connectivity index (χ1v) is 8.42. The topological polar surface area (TPSA) is 0 Å². The van der Waals surface area contributed by atoms with Crippen LogP contribution in [-0.2, 0) is 0 Å². The molecule has 0 amide bonds. The Labute approximate surface area is 116 Å². The van der Waals surface area contributed by atoms with Gasteiger partial charge in [0.1, 0.15) is 0 Å². The molecular weight excluding hydrogens is 216 g/mol. The van der Waals surface area contributed by atoms with Gasteiger partial charge >= 0.3 is 0 Å². The molecule has 18 heavy (non-hydrogen) atoms. The van der Waals surface area contributed by atoms with Gasteiger partial charge < -0.3 is 0 Å². The molecule has 0 aliphatic rings. The Morgan fingerprint density at radius 2 is 1.17 bits per heavy atom. The van der Waals surface area contributed by atoms with Gasteiger partial charge in [-0.25, -0.2) is 0 Å². The fourth-order valence-corrected chi connectivity index (χ4v) is 2.27. The second kappa shape index (κ2) is 14.8. The van der Waals surface area contributed by atoms with Crippen LogP contribution in [0, 0.1) is 5.92 Å². The second-order valence-corrected chi connectivity index (χ2v) is 6.06.